The van der Waals surface area contributed by atoms with Gasteiger partial charge in [-0.2, -0.15) is 0 Å². The van der Waals surface area contributed by atoms with Crippen molar-refractivity contribution < 1.29 is 13.6 Å². The second kappa shape index (κ2) is 4.56. The molecule has 19 heavy (non-hydrogen) atoms. The molecular formula is C14H16F2N2O. The lowest BCUT2D eigenvalue weighted by Gasteiger charge is -2.52. The maximum Gasteiger partial charge on any atom is 0.253 e. The van der Waals surface area contributed by atoms with E-state index in [4.69, 9.17) is 0 Å². The summed E-state index contributed by atoms with van der Waals surface area (Å²) in [5, 5.41) is 3.30. The number of carbonyl (C=O) groups excluding carboxylic acids is 1. The highest BCUT2D eigenvalue weighted by atomic mass is 19.2. The number of carbonyl (C=O) groups is 1. The van der Waals surface area contributed by atoms with E-state index in [2.05, 4.69) is 5.32 Å². The summed E-state index contributed by atoms with van der Waals surface area (Å²) in [5.74, 6) is -2.10. The van der Waals surface area contributed by atoms with Crippen molar-refractivity contribution in [3.8, 4) is 0 Å². The Hall–Kier alpha value is -1.49. The fourth-order valence-corrected chi connectivity index (χ4v) is 2.99. The fourth-order valence-electron chi connectivity index (χ4n) is 2.99. The molecule has 3 nitrogen and oxygen atoms in total. The number of amides is 1. The van der Waals surface area contributed by atoms with Crippen LogP contribution in [0.25, 0.3) is 0 Å². The van der Waals surface area contributed by atoms with Gasteiger partial charge in [0.2, 0.25) is 0 Å². The minimum atomic E-state index is -0.969. The SMILES string of the molecule is O=C(c1ccc(F)c(F)c1)N1CC2(CCNCC2)C1. The summed E-state index contributed by atoms with van der Waals surface area (Å²) in [6.45, 7) is 3.44. The zero-order chi connectivity index (χ0) is 13.5. The molecule has 0 saturated carbocycles. The first-order valence-electron chi connectivity index (χ1n) is 6.55. The lowest BCUT2D eigenvalue weighted by molar-refractivity contribution is -0.0114. The van der Waals surface area contributed by atoms with E-state index in [0.29, 0.717) is 0 Å². The normalized spacial score (nSPS) is 21.3. The Balaban J connectivity index is 1.67. The van der Waals surface area contributed by atoms with Crippen molar-refractivity contribution in [3.63, 3.8) is 0 Å². The van der Waals surface area contributed by atoms with Gasteiger partial charge in [0.15, 0.2) is 11.6 Å². The van der Waals surface area contributed by atoms with Crippen LogP contribution in [0.4, 0.5) is 8.78 Å². The second-order valence-electron chi connectivity index (χ2n) is 5.54. The van der Waals surface area contributed by atoms with Gasteiger partial charge in [-0.15, -0.1) is 0 Å². The first-order chi connectivity index (χ1) is 9.10. The van der Waals surface area contributed by atoms with Crippen molar-refractivity contribution in [2.24, 2.45) is 5.41 Å². The molecule has 0 atom stereocenters. The van der Waals surface area contributed by atoms with Crippen LogP contribution in [0.1, 0.15) is 23.2 Å². The van der Waals surface area contributed by atoms with Crippen molar-refractivity contribution in [2.75, 3.05) is 26.2 Å². The smallest absolute Gasteiger partial charge is 0.253 e. The number of nitrogens with zero attached hydrogens (tertiary/aromatic N) is 1. The van der Waals surface area contributed by atoms with Gasteiger partial charge < -0.3 is 10.2 Å². The zero-order valence-corrected chi connectivity index (χ0v) is 10.6. The first kappa shape index (κ1) is 12.5. The van der Waals surface area contributed by atoms with E-state index in [-0.39, 0.29) is 16.9 Å². The molecule has 2 fully saturated rings. The summed E-state index contributed by atoms with van der Waals surface area (Å²) >= 11 is 0. The summed E-state index contributed by atoms with van der Waals surface area (Å²) in [7, 11) is 0. The Morgan fingerprint density at radius 1 is 1.16 bits per heavy atom. The molecule has 1 amide bonds. The number of hydrogen-bond acceptors (Lipinski definition) is 2. The van der Waals surface area contributed by atoms with E-state index < -0.39 is 11.6 Å². The molecule has 1 aromatic carbocycles. The third kappa shape index (κ3) is 2.23. The molecule has 5 heteroatoms. The van der Waals surface area contributed by atoms with Crippen LogP contribution in [0.5, 0.6) is 0 Å². The van der Waals surface area contributed by atoms with Crippen LogP contribution in [-0.4, -0.2) is 37.0 Å². The molecular weight excluding hydrogens is 250 g/mol. The third-order valence-corrected chi connectivity index (χ3v) is 4.17. The van der Waals surface area contributed by atoms with Gasteiger partial charge in [-0.05, 0) is 44.1 Å². The van der Waals surface area contributed by atoms with E-state index >= 15 is 0 Å². The van der Waals surface area contributed by atoms with Gasteiger partial charge in [-0.25, -0.2) is 8.78 Å². The van der Waals surface area contributed by atoms with E-state index in [0.717, 1.165) is 51.2 Å². The molecule has 0 aliphatic carbocycles. The van der Waals surface area contributed by atoms with E-state index in [9.17, 15) is 13.6 Å². The number of piperidine rings is 1. The Labute approximate surface area is 110 Å². The van der Waals surface area contributed by atoms with Crippen LogP contribution in [0.3, 0.4) is 0 Å². The van der Waals surface area contributed by atoms with E-state index in [1.165, 1.54) is 6.07 Å². The monoisotopic (exact) mass is 266 g/mol. The number of hydrogen-bond donors (Lipinski definition) is 1. The quantitative estimate of drug-likeness (QED) is 0.840. The lowest BCUT2D eigenvalue weighted by Crippen LogP contribution is -2.61. The van der Waals surface area contributed by atoms with Crippen LogP contribution in [0.2, 0.25) is 0 Å². The molecule has 0 unspecified atom stereocenters. The minimum absolute atomic E-state index is 0.206. The summed E-state index contributed by atoms with van der Waals surface area (Å²) in [6.07, 6.45) is 2.16. The molecule has 1 aromatic rings. The predicted octanol–water partition coefficient (Wildman–Crippen LogP) is 1.79. The molecule has 2 heterocycles. The lowest BCUT2D eigenvalue weighted by atomic mass is 9.72. The molecule has 102 valence electrons. The third-order valence-electron chi connectivity index (χ3n) is 4.17. The molecule has 1 spiro atoms. The van der Waals surface area contributed by atoms with Gasteiger partial charge in [-0.3, -0.25) is 4.79 Å². The molecule has 2 aliphatic heterocycles. The van der Waals surface area contributed by atoms with Crippen LogP contribution < -0.4 is 5.32 Å². The van der Waals surface area contributed by atoms with Gasteiger partial charge in [0.05, 0.1) is 0 Å². The summed E-state index contributed by atoms with van der Waals surface area (Å²) in [4.78, 5) is 13.9. The van der Waals surface area contributed by atoms with Crippen molar-refractivity contribution in [1.82, 2.24) is 10.2 Å². The predicted molar refractivity (Wildman–Crippen MR) is 66.8 cm³/mol. The minimum Gasteiger partial charge on any atom is -0.337 e. The number of benzene rings is 1. The average Bonchev–Trinajstić information content (AvgIpc) is 2.39. The van der Waals surface area contributed by atoms with Gasteiger partial charge in [0.1, 0.15) is 0 Å². The molecule has 0 radical (unpaired) electrons. The standard InChI is InChI=1S/C14H16F2N2O/c15-11-2-1-10(7-12(11)16)13(19)18-8-14(9-18)3-5-17-6-4-14/h1-2,7,17H,3-6,8-9H2. The van der Waals surface area contributed by atoms with Crippen LogP contribution >= 0.6 is 0 Å². The number of likely N-dealkylation sites (tertiary alicyclic amines) is 1. The molecule has 3 rings (SSSR count). The topological polar surface area (TPSA) is 32.3 Å². The second-order valence-corrected chi connectivity index (χ2v) is 5.54. The van der Waals surface area contributed by atoms with Gasteiger partial charge >= 0.3 is 0 Å². The van der Waals surface area contributed by atoms with E-state index in [1.54, 1.807) is 4.90 Å². The Morgan fingerprint density at radius 3 is 2.47 bits per heavy atom. The summed E-state index contributed by atoms with van der Waals surface area (Å²) in [5.41, 5.74) is 0.474. The maximum atomic E-state index is 13.1. The number of halogens is 2. The molecule has 2 saturated heterocycles. The maximum absolute atomic E-state index is 13.1. The van der Waals surface area contributed by atoms with Gasteiger partial charge in [0, 0.05) is 24.1 Å². The largest absolute Gasteiger partial charge is 0.337 e. The van der Waals surface area contributed by atoms with Crippen molar-refractivity contribution in [2.45, 2.75) is 12.8 Å². The van der Waals surface area contributed by atoms with E-state index in [1.807, 2.05) is 0 Å². The molecule has 2 aliphatic rings. The van der Waals surface area contributed by atoms with Crippen LogP contribution in [0, 0.1) is 17.0 Å². The Kier molecular flexibility index (Phi) is 3.01. The highest BCUT2D eigenvalue weighted by Crippen LogP contribution is 2.39. The van der Waals surface area contributed by atoms with Gasteiger partial charge in [-0.1, -0.05) is 0 Å². The Bertz CT molecular complexity index is 504. The molecule has 0 bridgehead atoms. The fraction of sp³-hybridized carbons (Fsp3) is 0.500. The average molecular weight is 266 g/mol. The van der Waals surface area contributed by atoms with Crippen molar-refractivity contribution in [1.29, 1.82) is 0 Å². The van der Waals surface area contributed by atoms with Crippen LogP contribution in [-0.2, 0) is 0 Å². The zero-order valence-electron chi connectivity index (χ0n) is 10.6. The highest BCUT2D eigenvalue weighted by molar-refractivity contribution is 5.94. The summed E-state index contributed by atoms with van der Waals surface area (Å²) in [6, 6.07) is 3.32. The first-order valence-corrected chi connectivity index (χ1v) is 6.55. The highest BCUT2D eigenvalue weighted by Gasteiger charge is 2.45. The Morgan fingerprint density at radius 2 is 1.84 bits per heavy atom. The van der Waals surface area contributed by atoms with Gasteiger partial charge in [0.25, 0.3) is 5.91 Å². The molecule has 1 N–H and O–H groups in total. The number of rotatable bonds is 1. The number of nitrogens with one attached hydrogen (secondary N) is 1. The summed E-state index contributed by atoms with van der Waals surface area (Å²) < 4.78 is 26.0. The van der Waals surface area contributed by atoms with Crippen molar-refractivity contribution >= 4 is 5.91 Å². The van der Waals surface area contributed by atoms with Crippen LogP contribution in [0.15, 0.2) is 18.2 Å². The van der Waals surface area contributed by atoms with Crippen molar-refractivity contribution in [3.05, 3.63) is 35.4 Å². The molecule has 0 aromatic heterocycles.